The van der Waals surface area contributed by atoms with Gasteiger partial charge in [-0.1, -0.05) is 24.3 Å². The Morgan fingerprint density at radius 2 is 1.00 bits per heavy atom. The van der Waals surface area contributed by atoms with Gasteiger partial charge in [0.2, 0.25) is 5.28 Å². The normalized spacial score (nSPS) is 11.1. The SMILES string of the molecule is COc1ccc(C=Cc2cc(C=Cc3ccc(OC)c(OC)c3)nc(Cl)n2)cc1OC. The van der Waals surface area contributed by atoms with Gasteiger partial charge in [0.25, 0.3) is 0 Å². The molecule has 7 heteroatoms. The van der Waals surface area contributed by atoms with E-state index >= 15 is 0 Å². The van der Waals surface area contributed by atoms with E-state index in [1.54, 1.807) is 28.4 Å². The highest BCUT2D eigenvalue weighted by Gasteiger charge is 2.05. The van der Waals surface area contributed by atoms with Crippen molar-refractivity contribution in [3.8, 4) is 23.0 Å². The number of ether oxygens (including phenoxy) is 4. The molecular weight excluding hydrogens is 416 g/mol. The number of methoxy groups -OCH3 is 4. The molecule has 160 valence electrons. The molecule has 6 nitrogen and oxygen atoms in total. The molecule has 0 aliphatic rings. The molecule has 0 atom stereocenters. The zero-order chi connectivity index (χ0) is 22.2. The third-order valence-corrected chi connectivity index (χ3v) is 4.62. The van der Waals surface area contributed by atoms with Gasteiger partial charge in [-0.3, -0.25) is 0 Å². The number of aromatic nitrogens is 2. The molecule has 0 spiro atoms. The van der Waals surface area contributed by atoms with Crippen LogP contribution in [-0.4, -0.2) is 38.4 Å². The maximum absolute atomic E-state index is 6.12. The van der Waals surface area contributed by atoms with Crippen molar-refractivity contribution >= 4 is 35.9 Å². The lowest BCUT2D eigenvalue weighted by molar-refractivity contribution is 0.355. The molecule has 0 amide bonds. The number of hydrogen-bond acceptors (Lipinski definition) is 6. The second-order valence-corrected chi connectivity index (χ2v) is 6.72. The Morgan fingerprint density at radius 1 is 0.581 bits per heavy atom. The topological polar surface area (TPSA) is 62.7 Å². The molecular formula is C24H23ClN2O4. The van der Waals surface area contributed by atoms with Crippen molar-refractivity contribution in [2.45, 2.75) is 0 Å². The smallest absolute Gasteiger partial charge is 0.223 e. The first-order chi connectivity index (χ1) is 15.1. The van der Waals surface area contributed by atoms with Crippen molar-refractivity contribution < 1.29 is 18.9 Å². The summed E-state index contributed by atoms with van der Waals surface area (Å²) in [4.78, 5) is 8.54. The summed E-state index contributed by atoms with van der Waals surface area (Å²) in [5, 5.41) is 0.168. The van der Waals surface area contributed by atoms with Crippen LogP contribution in [0.25, 0.3) is 24.3 Å². The number of halogens is 1. The van der Waals surface area contributed by atoms with E-state index in [2.05, 4.69) is 9.97 Å². The van der Waals surface area contributed by atoms with Crippen LogP contribution < -0.4 is 18.9 Å². The maximum Gasteiger partial charge on any atom is 0.223 e. The average molecular weight is 439 g/mol. The van der Waals surface area contributed by atoms with Crippen LogP contribution in [0.15, 0.2) is 42.5 Å². The summed E-state index contributed by atoms with van der Waals surface area (Å²) in [7, 11) is 6.42. The summed E-state index contributed by atoms with van der Waals surface area (Å²) in [6, 6.07) is 13.2. The van der Waals surface area contributed by atoms with Gasteiger partial charge in [0.1, 0.15) is 0 Å². The molecule has 0 unspecified atom stereocenters. The van der Waals surface area contributed by atoms with Crippen molar-refractivity contribution in [3.63, 3.8) is 0 Å². The molecule has 2 aromatic carbocycles. The highest BCUT2D eigenvalue weighted by Crippen LogP contribution is 2.29. The Bertz CT molecular complexity index is 1030. The van der Waals surface area contributed by atoms with E-state index in [4.69, 9.17) is 30.5 Å². The zero-order valence-corrected chi connectivity index (χ0v) is 18.5. The molecule has 0 aliphatic heterocycles. The molecule has 0 aliphatic carbocycles. The summed E-state index contributed by atoms with van der Waals surface area (Å²) < 4.78 is 21.2. The van der Waals surface area contributed by atoms with E-state index < -0.39 is 0 Å². The van der Waals surface area contributed by atoms with Crippen molar-refractivity contribution in [2.75, 3.05) is 28.4 Å². The molecule has 1 heterocycles. The first kappa shape index (κ1) is 22.2. The Kier molecular flexibility index (Phi) is 7.51. The molecule has 1 aromatic heterocycles. The average Bonchev–Trinajstić information content (AvgIpc) is 2.80. The van der Waals surface area contributed by atoms with E-state index in [0.29, 0.717) is 34.4 Å². The standard InChI is InChI=1S/C24H23ClN2O4/c1-28-20-11-7-16(13-22(20)30-3)5-9-18-15-19(27-24(25)26-18)10-6-17-8-12-21(29-2)23(14-17)31-4/h5-15H,1-4H3. The van der Waals surface area contributed by atoms with Gasteiger partial charge in [0.05, 0.1) is 39.8 Å². The Labute approximate surface area is 186 Å². The highest BCUT2D eigenvalue weighted by molar-refractivity contribution is 6.28. The minimum absolute atomic E-state index is 0.168. The van der Waals surface area contributed by atoms with Crippen LogP contribution in [0.2, 0.25) is 5.28 Å². The van der Waals surface area contributed by atoms with Gasteiger partial charge in [-0.2, -0.15) is 0 Å². The van der Waals surface area contributed by atoms with Crippen molar-refractivity contribution in [1.29, 1.82) is 0 Å². The first-order valence-electron chi connectivity index (χ1n) is 9.41. The monoisotopic (exact) mass is 438 g/mol. The fourth-order valence-electron chi connectivity index (χ4n) is 2.90. The minimum Gasteiger partial charge on any atom is -0.493 e. The molecule has 0 saturated carbocycles. The van der Waals surface area contributed by atoms with Crippen LogP contribution in [0.3, 0.4) is 0 Å². The van der Waals surface area contributed by atoms with Crippen LogP contribution in [0, 0.1) is 0 Å². The molecule has 0 radical (unpaired) electrons. The molecule has 0 fully saturated rings. The first-order valence-corrected chi connectivity index (χ1v) is 9.79. The number of benzene rings is 2. The van der Waals surface area contributed by atoms with Crippen LogP contribution in [0.4, 0.5) is 0 Å². The lowest BCUT2D eigenvalue weighted by Gasteiger charge is -2.07. The van der Waals surface area contributed by atoms with Gasteiger partial charge < -0.3 is 18.9 Å². The van der Waals surface area contributed by atoms with Crippen LogP contribution in [-0.2, 0) is 0 Å². The predicted octanol–water partition coefficient (Wildman–Crippen LogP) is 5.51. The lowest BCUT2D eigenvalue weighted by atomic mass is 10.1. The van der Waals surface area contributed by atoms with E-state index in [9.17, 15) is 0 Å². The molecule has 0 saturated heterocycles. The Hall–Kier alpha value is -3.51. The second kappa shape index (κ2) is 10.5. The molecule has 3 rings (SSSR count). The van der Waals surface area contributed by atoms with Gasteiger partial charge in [-0.25, -0.2) is 9.97 Å². The van der Waals surface area contributed by atoms with Crippen LogP contribution >= 0.6 is 11.6 Å². The summed E-state index contributed by atoms with van der Waals surface area (Å²) in [5.41, 5.74) is 3.24. The summed E-state index contributed by atoms with van der Waals surface area (Å²) in [5.74, 6) is 2.66. The lowest BCUT2D eigenvalue weighted by Crippen LogP contribution is -1.91. The quantitative estimate of drug-likeness (QED) is 0.432. The van der Waals surface area contributed by atoms with E-state index in [0.717, 1.165) is 11.1 Å². The van der Waals surface area contributed by atoms with E-state index in [1.807, 2.05) is 66.8 Å². The molecule has 0 N–H and O–H groups in total. The van der Waals surface area contributed by atoms with Gasteiger partial charge in [-0.15, -0.1) is 0 Å². The van der Waals surface area contributed by atoms with Crippen LogP contribution in [0.1, 0.15) is 22.5 Å². The van der Waals surface area contributed by atoms with Crippen LogP contribution in [0.5, 0.6) is 23.0 Å². The Balaban J connectivity index is 1.82. The summed E-state index contributed by atoms with van der Waals surface area (Å²) >= 11 is 6.12. The highest BCUT2D eigenvalue weighted by atomic mass is 35.5. The predicted molar refractivity (Wildman–Crippen MR) is 124 cm³/mol. The second-order valence-electron chi connectivity index (χ2n) is 6.38. The summed E-state index contributed by atoms with van der Waals surface area (Å²) in [6.45, 7) is 0. The van der Waals surface area contributed by atoms with Crippen molar-refractivity contribution in [2.24, 2.45) is 0 Å². The van der Waals surface area contributed by atoms with Crippen molar-refractivity contribution in [1.82, 2.24) is 9.97 Å². The third kappa shape index (κ3) is 5.77. The molecule has 0 bridgehead atoms. The molecule has 31 heavy (non-hydrogen) atoms. The van der Waals surface area contributed by atoms with Gasteiger partial charge >= 0.3 is 0 Å². The van der Waals surface area contributed by atoms with Crippen molar-refractivity contribution in [3.05, 3.63) is 70.3 Å². The third-order valence-electron chi connectivity index (χ3n) is 4.45. The maximum atomic E-state index is 6.12. The fourth-order valence-corrected chi connectivity index (χ4v) is 3.10. The molecule has 3 aromatic rings. The zero-order valence-electron chi connectivity index (χ0n) is 17.8. The van der Waals surface area contributed by atoms with Gasteiger partial charge in [-0.05, 0) is 65.2 Å². The largest absolute Gasteiger partial charge is 0.493 e. The van der Waals surface area contributed by atoms with E-state index in [1.165, 1.54) is 0 Å². The van der Waals surface area contributed by atoms with Gasteiger partial charge in [0, 0.05) is 0 Å². The fraction of sp³-hybridized carbons (Fsp3) is 0.167. The summed E-state index contributed by atoms with van der Waals surface area (Å²) in [6.07, 6.45) is 7.57. The number of rotatable bonds is 8. The number of hydrogen-bond donors (Lipinski definition) is 0. The van der Waals surface area contributed by atoms with Gasteiger partial charge in [0.15, 0.2) is 23.0 Å². The Morgan fingerprint density at radius 3 is 1.39 bits per heavy atom. The van der Waals surface area contributed by atoms with E-state index in [-0.39, 0.29) is 5.28 Å². The minimum atomic E-state index is 0.168. The number of nitrogens with zero attached hydrogens (tertiary/aromatic N) is 2.